The Balaban J connectivity index is 2.09. The standard InChI is InChI=1S/C11H14N2O3S/c1-17(15,16)10-4-2-8(3-5-10)11(14)13-9-6-12-7-9/h2-5,9,12H,6-7H2,1H3,(H,13,14). The number of carbonyl (C=O) groups excluding carboxylic acids is 1. The average molecular weight is 254 g/mol. The third-order valence-electron chi connectivity index (χ3n) is 2.66. The number of hydrogen-bond donors (Lipinski definition) is 2. The monoisotopic (exact) mass is 254 g/mol. The molecule has 0 aliphatic carbocycles. The van der Waals surface area contributed by atoms with Crippen molar-refractivity contribution < 1.29 is 13.2 Å². The van der Waals surface area contributed by atoms with Crippen LogP contribution in [0, 0.1) is 0 Å². The molecule has 2 rings (SSSR count). The summed E-state index contributed by atoms with van der Waals surface area (Å²) in [5.41, 5.74) is 0.476. The van der Waals surface area contributed by atoms with E-state index in [0.717, 1.165) is 19.3 Å². The minimum atomic E-state index is -3.20. The zero-order chi connectivity index (χ0) is 12.5. The van der Waals surface area contributed by atoms with Gasteiger partial charge in [0.05, 0.1) is 10.9 Å². The van der Waals surface area contributed by atoms with E-state index < -0.39 is 9.84 Å². The van der Waals surface area contributed by atoms with Crippen LogP contribution in [0.25, 0.3) is 0 Å². The van der Waals surface area contributed by atoms with Crippen molar-refractivity contribution in [2.24, 2.45) is 0 Å². The number of amides is 1. The second-order valence-corrected chi connectivity index (χ2v) is 6.14. The molecule has 1 heterocycles. The van der Waals surface area contributed by atoms with Crippen molar-refractivity contribution in [3.63, 3.8) is 0 Å². The molecule has 0 saturated carbocycles. The predicted molar refractivity (Wildman–Crippen MR) is 63.7 cm³/mol. The molecule has 0 spiro atoms. The van der Waals surface area contributed by atoms with Gasteiger partial charge in [0.1, 0.15) is 0 Å². The molecule has 0 atom stereocenters. The number of sulfone groups is 1. The van der Waals surface area contributed by atoms with Crippen LogP contribution in [0.15, 0.2) is 29.2 Å². The minimum absolute atomic E-state index is 0.170. The van der Waals surface area contributed by atoms with Crippen molar-refractivity contribution in [1.29, 1.82) is 0 Å². The van der Waals surface area contributed by atoms with Crippen LogP contribution in [0.2, 0.25) is 0 Å². The maximum atomic E-state index is 11.7. The molecule has 1 aromatic rings. The van der Waals surface area contributed by atoms with E-state index in [4.69, 9.17) is 0 Å². The van der Waals surface area contributed by atoms with Gasteiger partial charge in [-0.25, -0.2) is 8.42 Å². The van der Waals surface area contributed by atoms with Crippen LogP contribution < -0.4 is 10.6 Å². The van der Waals surface area contributed by atoms with Gasteiger partial charge in [0.25, 0.3) is 5.91 Å². The summed E-state index contributed by atoms with van der Waals surface area (Å²) < 4.78 is 22.5. The lowest BCUT2D eigenvalue weighted by Gasteiger charge is -2.27. The molecule has 1 saturated heterocycles. The normalized spacial score (nSPS) is 16.3. The fraction of sp³-hybridized carbons (Fsp3) is 0.364. The number of nitrogens with one attached hydrogen (secondary N) is 2. The molecule has 5 nitrogen and oxygen atoms in total. The van der Waals surface area contributed by atoms with E-state index in [1.165, 1.54) is 24.3 Å². The van der Waals surface area contributed by atoms with E-state index in [-0.39, 0.29) is 16.8 Å². The van der Waals surface area contributed by atoms with Crippen molar-refractivity contribution in [1.82, 2.24) is 10.6 Å². The average Bonchev–Trinajstić information content (AvgIpc) is 2.22. The highest BCUT2D eigenvalue weighted by molar-refractivity contribution is 7.90. The molecule has 17 heavy (non-hydrogen) atoms. The Morgan fingerprint density at radius 3 is 2.29 bits per heavy atom. The van der Waals surface area contributed by atoms with Crippen molar-refractivity contribution in [3.8, 4) is 0 Å². The van der Waals surface area contributed by atoms with Crippen molar-refractivity contribution >= 4 is 15.7 Å². The van der Waals surface area contributed by atoms with Crippen LogP contribution in [-0.2, 0) is 9.84 Å². The predicted octanol–water partition coefficient (Wildman–Crippen LogP) is -0.208. The van der Waals surface area contributed by atoms with Gasteiger partial charge in [0, 0.05) is 24.9 Å². The summed E-state index contributed by atoms with van der Waals surface area (Å²) >= 11 is 0. The van der Waals surface area contributed by atoms with Gasteiger partial charge in [-0.05, 0) is 24.3 Å². The van der Waals surface area contributed by atoms with Gasteiger partial charge in [-0.3, -0.25) is 4.79 Å². The maximum Gasteiger partial charge on any atom is 0.251 e. The van der Waals surface area contributed by atoms with E-state index >= 15 is 0 Å². The molecule has 1 amide bonds. The summed E-state index contributed by atoms with van der Waals surface area (Å²) in [7, 11) is -3.20. The van der Waals surface area contributed by atoms with E-state index in [2.05, 4.69) is 10.6 Å². The Labute approximate surface area is 100 Å². The SMILES string of the molecule is CS(=O)(=O)c1ccc(C(=O)NC2CNC2)cc1. The van der Waals surface area contributed by atoms with E-state index in [9.17, 15) is 13.2 Å². The lowest BCUT2D eigenvalue weighted by Crippen LogP contribution is -2.56. The minimum Gasteiger partial charge on any atom is -0.347 e. The third-order valence-corrected chi connectivity index (χ3v) is 3.79. The molecule has 0 aromatic heterocycles. The lowest BCUT2D eigenvalue weighted by atomic mass is 10.1. The zero-order valence-corrected chi connectivity index (χ0v) is 10.3. The summed E-state index contributed by atoms with van der Waals surface area (Å²) in [6.07, 6.45) is 1.14. The summed E-state index contributed by atoms with van der Waals surface area (Å²) in [5, 5.41) is 5.89. The summed E-state index contributed by atoms with van der Waals surface area (Å²) in [5.74, 6) is -0.170. The summed E-state index contributed by atoms with van der Waals surface area (Å²) in [6, 6.07) is 6.12. The Hall–Kier alpha value is -1.40. The molecule has 1 aliphatic heterocycles. The van der Waals surface area contributed by atoms with E-state index in [0.29, 0.717) is 5.56 Å². The molecule has 0 unspecified atom stereocenters. The molecule has 1 aliphatic rings. The van der Waals surface area contributed by atoms with Gasteiger partial charge in [0.15, 0.2) is 9.84 Å². The first kappa shape index (κ1) is 12.1. The number of benzene rings is 1. The Morgan fingerprint density at radius 2 is 1.88 bits per heavy atom. The first-order valence-electron chi connectivity index (χ1n) is 5.28. The second kappa shape index (κ2) is 4.46. The van der Waals surface area contributed by atoms with Gasteiger partial charge >= 0.3 is 0 Å². The largest absolute Gasteiger partial charge is 0.347 e. The highest BCUT2D eigenvalue weighted by atomic mass is 32.2. The fourth-order valence-corrected chi connectivity index (χ4v) is 2.14. The van der Waals surface area contributed by atoms with Crippen LogP contribution in [0.5, 0.6) is 0 Å². The van der Waals surface area contributed by atoms with Crippen molar-refractivity contribution in [3.05, 3.63) is 29.8 Å². The van der Waals surface area contributed by atoms with Gasteiger partial charge in [-0.1, -0.05) is 0 Å². The molecule has 1 aromatic carbocycles. The van der Waals surface area contributed by atoms with Crippen LogP contribution >= 0.6 is 0 Å². The smallest absolute Gasteiger partial charge is 0.251 e. The lowest BCUT2D eigenvalue weighted by molar-refractivity contribution is 0.0924. The number of carbonyl (C=O) groups is 1. The quantitative estimate of drug-likeness (QED) is 0.783. The first-order valence-corrected chi connectivity index (χ1v) is 7.17. The Bertz CT molecular complexity index is 518. The first-order chi connectivity index (χ1) is 7.97. The molecule has 0 radical (unpaired) electrons. The Morgan fingerprint density at radius 1 is 1.29 bits per heavy atom. The highest BCUT2D eigenvalue weighted by Crippen LogP contribution is 2.10. The summed E-state index contributed by atoms with van der Waals surface area (Å²) in [4.78, 5) is 11.9. The zero-order valence-electron chi connectivity index (χ0n) is 9.43. The van der Waals surface area contributed by atoms with E-state index in [1.54, 1.807) is 0 Å². The highest BCUT2D eigenvalue weighted by Gasteiger charge is 2.19. The maximum absolute atomic E-state index is 11.7. The topological polar surface area (TPSA) is 75.3 Å². The van der Waals surface area contributed by atoms with Crippen LogP contribution in [0.3, 0.4) is 0 Å². The molecule has 2 N–H and O–H groups in total. The Kier molecular flexibility index (Phi) is 3.17. The van der Waals surface area contributed by atoms with E-state index in [1.807, 2.05) is 0 Å². The molecule has 0 bridgehead atoms. The van der Waals surface area contributed by atoms with Crippen LogP contribution in [0.4, 0.5) is 0 Å². The van der Waals surface area contributed by atoms with Crippen molar-refractivity contribution in [2.75, 3.05) is 19.3 Å². The number of hydrogen-bond acceptors (Lipinski definition) is 4. The molecule has 1 fully saturated rings. The van der Waals surface area contributed by atoms with Crippen LogP contribution in [0.1, 0.15) is 10.4 Å². The van der Waals surface area contributed by atoms with Gasteiger partial charge in [-0.15, -0.1) is 0 Å². The summed E-state index contributed by atoms with van der Waals surface area (Å²) in [6.45, 7) is 1.57. The van der Waals surface area contributed by atoms with Gasteiger partial charge < -0.3 is 10.6 Å². The van der Waals surface area contributed by atoms with Crippen molar-refractivity contribution in [2.45, 2.75) is 10.9 Å². The molecule has 6 heteroatoms. The van der Waals surface area contributed by atoms with Gasteiger partial charge in [0.2, 0.25) is 0 Å². The van der Waals surface area contributed by atoms with Crippen LogP contribution in [-0.4, -0.2) is 39.7 Å². The van der Waals surface area contributed by atoms with Gasteiger partial charge in [-0.2, -0.15) is 0 Å². The molecule has 92 valence electrons. The molecular weight excluding hydrogens is 240 g/mol. The fourth-order valence-electron chi connectivity index (χ4n) is 1.51. The third kappa shape index (κ3) is 2.83. The number of rotatable bonds is 3. The second-order valence-electron chi connectivity index (χ2n) is 4.13. The molecular formula is C11H14N2O3S.